The molecule has 0 atom stereocenters. The molecule has 140 valence electrons. The Bertz CT molecular complexity index is 799. The summed E-state index contributed by atoms with van der Waals surface area (Å²) in [6, 6.07) is 2.59. The van der Waals surface area contributed by atoms with Crippen LogP contribution < -0.4 is 10.2 Å². The van der Waals surface area contributed by atoms with Crippen LogP contribution in [0.1, 0.15) is 18.4 Å². The van der Waals surface area contributed by atoms with Gasteiger partial charge in [0.2, 0.25) is 5.91 Å². The van der Waals surface area contributed by atoms with Gasteiger partial charge in [0, 0.05) is 44.5 Å². The SMILES string of the molecule is Cn1ccc(NC(=O)C2CCN(c3ncc(C(F)(F)F)cc3Cl)CC2)n1. The Hall–Kier alpha value is -2.29. The van der Waals surface area contributed by atoms with E-state index in [1.807, 2.05) is 0 Å². The molecule has 2 aromatic rings. The first kappa shape index (κ1) is 18.5. The highest BCUT2D eigenvalue weighted by Crippen LogP contribution is 2.34. The van der Waals surface area contributed by atoms with E-state index < -0.39 is 11.7 Å². The summed E-state index contributed by atoms with van der Waals surface area (Å²) in [5, 5.41) is 6.82. The van der Waals surface area contributed by atoms with Crippen LogP contribution in [-0.4, -0.2) is 33.8 Å². The summed E-state index contributed by atoms with van der Waals surface area (Å²) in [5.74, 6) is 0.493. The number of amides is 1. The fourth-order valence-corrected chi connectivity index (χ4v) is 3.17. The van der Waals surface area contributed by atoms with E-state index in [4.69, 9.17) is 11.6 Å². The lowest BCUT2D eigenvalue weighted by atomic mass is 9.96. The molecule has 0 bridgehead atoms. The Morgan fingerprint density at radius 1 is 1.35 bits per heavy atom. The van der Waals surface area contributed by atoms with Crippen LogP contribution >= 0.6 is 11.6 Å². The van der Waals surface area contributed by atoms with E-state index in [0.29, 0.717) is 37.6 Å². The van der Waals surface area contributed by atoms with Crippen LogP contribution in [0.15, 0.2) is 24.5 Å². The van der Waals surface area contributed by atoms with Crippen molar-refractivity contribution in [1.82, 2.24) is 14.8 Å². The molecule has 3 heterocycles. The maximum Gasteiger partial charge on any atom is 0.417 e. The summed E-state index contributed by atoms with van der Waals surface area (Å²) in [6.45, 7) is 0.969. The van der Waals surface area contributed by atoms with Gasteiger partial charge in [-0.05, 0) is 18.9 Å². The van der Waals surface area contributed by atoms with Crippen LogP contribution in [0.4, 0.5) is 24.8 Å². The first-order valence-corrected chi connectivity index (χ1v) is 8.40. The minimum Gasteiger partial charge on any atom is -0.355 e. The van der Waals surface area contributed by atoms with Gasteiger partial charge in [0.05, 0.1) is 10.6 Å². The summed E-state index contributed by atoms with van der Waals surface area (Å²) in [7, 11) is 1.76. The monoisotopic (exact) mass is 387 g/mol. The molecule has 26 heavy (non-hydrogen) atoms. The zero-order chi connectivity index (χ0) is 18.9. The number of alkyl halides is 3. The third kappa shape index (κ3) is 4.09. The number of nitrogens with zero attached hydrogens (tertiary/aromatic N) is 4. The summed E-state index contributed by atoms with van der Waals surface area (Å²) < 4.78 is 39.7. The number of hydrogen-bond acceptors (Lipinski definition) is 4. The standard InChI is InChI=1S/C16H17ClF3N5O/c1-24-5-4-13(23-24)22-15(26)10-2-6-25(7-3-10)14-12(17)8-11(9-21-14)16(18,19)20/h4-5,8-10H,2-3,6-7H2,1H3,(H,22,23,26). The number of anilines is 2. The molecule has 1 aliphatic heterocycles. The lowest BCUT2D eigenvalue weighted by molar-refractivity contribution is -0.137. The molecule has 10 heteroatoms. The molecule has 0 unspecified atom stereocenters. The van der Waals surface area contributed by atoms with Crippen LogP contribution in [0, 0.1) is 5.92 Å². The van der Waals surface area contributed by atoms with Crippen LogP contribution in [0.2, 0.25) is 5.02 Å². The minimum atomic E-state index is -4.48. The quantitative estimate of drug-likeness (QED) is 0.877. The number of carbonyl (C=O) groups excluding carboxylic acids is 1. The van der Waals surface area contributed by atoms with Gasteiger partial charge in [-0.1, -0.05) is 11.6 Å². The Balaban J connectivity index is 1.60. The average Bonchev–Trinajstić information content (AvgIpc) is 2.99. The molecule has 1 saturated heterocycles. The normalized spacial score (nSPS) is 16.0. The predicted molar refractivity (Wildman–Crippen MR) is 91.0 cm³/mol. The van der Waals surface area contributed by atoms with Gasteiger partial charge in [-0.15, -0.1) is 0 Å². The van der Waals surface area contributed by atoms with E-state index in [2.05, 4.69) is 15.4 Å². The Morgan fingerprint density at radius 3 is 2.58 bits per heavy atom. The second-order valence-corrected chi connectivity index (χ2v) is 6.56. The van der Waals surface area contributed by atoms with Crippen LogP contribution in [0.25, 0.3) is 0 Å². The number of pyridine rings is 1. The molecule has 1 N–H and O–H groups in total. The fourth-order valence-electron chi connectivity index (χ4n) is 2.88. The molecule has 1 amide bonds. The molecule has 0 radical (unpaired) electrons. The van der Waals surface area contributed by atoms with Gasteiger partial charge in [-0.3, -0.25) is 9.48 Å². The third-order valence-corrected chi connectivity index (χ3v) is 4.56. The highest BCUT2D eigenvalue weighted by atomic mass is 35.5. The van der Waals surface area contributed by atoms with Gasteiger partial charge in [0.25, 0.3) is 0 Å². The van der Waals surface area contributed by atoms with Crippen molar-refractivity contribution >= 4 is 29.1 Å². The van der Waals surface area contributed by atoms with Gasteiger partial charge < -0.3 is 10.2 Å². The molecule has 6 nitrogen and oxygen atoms in total. The number of carbonyl (C=O) groups is 1. The van der Waals surface area contributed by atoms with Crippen molar-refractivity contribution in [1.29, 1.82) is 0 Å². The molecule has 2 aromatic heterocycles. The second-order valence-electron chi connectivity index (χ2n) is 6.15. The Labute approximate surface area is 153 Å². The van der Waals surface area contributed by atoms with Gasteiger partial charge in [-0.25, -0.2) is 4.98 Å². The lowest BCUT2D eigenvalue weighted by Crippen LogP contribution is -2.38. The molecule has 0 saturated carbocycles. The van der Waals surface area contributed by atoms with Crippen LogP contribution in [0.5, 0.6) is 0 Å². The summed E-state index contributed by atoms with van der Waals surface area (Å²) in [5.41, 5.74) is -0.879. The molecular formula is C16H17ClF3N5O. The number of aryl methyl sites for hydroxylation is 1. The molecule has 0 aromatic carbocycles. The van der Waals surface area contributed by atoms with Gasteiger partial charge in [0.15, 0.2) is 5.82 Å². The molecule has 1 fully saturated rings. The number of halogens is 4. The highest BCUT2D eigenvalue weighted by Gasteiger charge is 2.33. The zero-order valence-corrected chi connectivity index (χ0v) is 14.7. The van der Waals surface area contributed by atoms with Gasteiger partial charge in [-0.2, -0.15) is 18.3 Å². The molecule has 0 aliphatic carbocycles. The van der Waals surface area contributed by atoms with Gasteiger partial charge >= 0.3 is 6.18 Å². The van der Waals surface area contributed by atoms with Crippen molar-refractivity contribution in [3.8, 4) is 0 Å². The maximum absolute atomic E-state index is 12.7. The summed E-state index contributed by atoms with van der Waals surface area (Å²) >= 11 is 5.98. The molecular weight excluding hydrogens is 371 g/mol. The predicted octanol–water partition coefficient (Wildman–Crippen LogP) is 3.34. The van der Waals surface area contributed by atoms with E-state index >= 15 is 0 Å². The number of nitrogens with one attached hydrogen (secondary N) is 1. The third-order valence-electron chi connectivity index (χ3n) is 4.28. The molecule has 3 rings (SSSR count). The number of hydrogen-bond donors (Lipinski definition) is 1. The Morgan fingerprint density at radius 2 is 2.04 bits per heavy atom. The summed E-state index contributed by atoms with van der Waals surface area (Å²) in [4.78, 5) is 18.0. The molecule has 1 aliphatic rings. The number of piperidine rings is 1. The highest BCUT2D eigenvalue weighted by molar-refractivity contribution is 6.33. The van der Waals surface area contributed by atoms with Crippen molar-refractivity contribution in [2.45, 2.75) is 19.0 Å². The van der Waals surface area contributed by atoms with E-state index in [9.17, 15) is 18.0 Å². The van der Waals surface area contributed by atoms with E-state index in [1.54, 1.807) is 28.9 Å². The topological polar surface area (TPSA) is 63.1 Å². The van der Waals surface area contributed by atoms with Crippen LogP contribution in [0.3, 0.4) is 0 Å². The van der Waals surface area contributed by atoms with Crippen LogP contribution in [-0.2, 0) is 18.0 Å². The fraction of sp³-hybridized carbons (Fsp3) is 0.438. The second kappa shape index (κ2) is 7.14. The van der Waals surface area contributed by atoms with Crippen molar-refractivity contribution < 1.29 is 18.0 Å². The lowest BCUT2D eigenvalue weighted by Gasteiger charge is -2.32. The largest absolute Gasteiger partial charge is 0.417 e. The van der Waals surface area contributed by atoms with Gasteiger partial charge in [0.1, 0.15) is 5.82 Å². The number of rotatable bonds is 3. The van der Waals surface area contributed by atoms with Crippen molar-refractivity contribution in [2.75, 3.05) is 23.3 Å². The minimum absolute atomic E-state index is 0.0452. The molecule has 0 spiro atoms. The summed E-state index contributed by atoms with van der Waals surface area (Å²) in [6.07, 6.45) is -0.862. The van der Waals surface area contributed by atoms with E-state index in [-0.39, 0.29) is 16.8 Å². The Kier molecular flexibility index (Phi) is 5.08. The van der Waals surface area contributed by atoms with E-state index in [1.165, 1.54) is 0 Å². The van der Waals surface area contributed by atoms with Crippen molar-refractivity contribution in [3.05, 3.63) is 35.1 Å². The van der Waals surface area contributed by atoms with E-state index in [0.717, 1.165) is 12.3 Å². The number of aromatic nitrogens is 3. The average molecular weight is 388 g/mol. The van der Waals surface area contributed by atoms with Crippen molar-refractivity contribution in [3.63, 3.8) is 0 Å². The van der Waals surface area contributed by atoms with Crippen molar-refractivity contribution in [2.24, 2.45) is 13.0 Å². The maximum atomic E-state index is 12.7. The first-order chi connectivity index (χ1) is 12.2. The zero-order valence-electron chi connectivity index (χ0n) is 13.9. The smallest absolute Gasteiger partial charge is 0.355 e. The first-order valence-electron chi connectivity index (χ1n) is 8.02.